The molecule has 4 aromatic rings. The van der Waals surface area contributed by atoms with E-state index in [1.807, 2.05) is 66.9 Å². The lowest BCUT2D eigenvalue weighted by Gasteiger charge is -2.39. The van der Waals surface area contributed by atoms with Gasteiger partial charge < -0.3 is 14.6 Å². The van der Waals surface area contributed by atoms with E-state index in [1.54, 1.807) is 6.20 Å². The molecular weight excluding hydrogens is 430 g/mol. The molecule has 5 rings (SSSR count). The van der Waals surface area contributed by atoms with E-state index in [0.29, 0.717) is 13.1 Å². The van der Waals surface area contributed by atoms with Gasteiger partial charge in [0, 0.05) is 42.4 Å². The van der Waals surface area contributed by atoms with E-state index in [2.05, 4.69) is 69.4 Å². The summed E-state index contributed by atoms with van der Waals surface area (Å²) in [4.78, 5) is 21.6. The number of aromatic nitrogens is 1. The van der Waals surface area contributed by atoms with E-state index < -0.39 is 6.04 Å². The number of aldehydes is 1. The molecule has 1 aromatic heterocycles. The first kappa shape index (κ1) is 22.4. The molecule has 1 aliphatic heterocycles. The molecule has 2 heterocycles. The van der Waals surface area contributed by atoms with Crippen molar-refractivity contribution in [2.75, 3.05) is 4.90 Å². The molecule has 35 heavy (non-hydrogen) atoms. The third kappa shape index (κ3) is 5.22. The number of pyridine rings is 1. The second-order valence-corrected chi connectivity index (χ2v) is 8.52. The zero-order valence-corrected chi connectivity index (χ0v) is 19.4. The predicted molar refractivity (Wildman–Crippen MR) is 141 cm³/mol. The molecule has 0 spiro atoms. The fourth-order valence-corrected chi connectivity index (χ4v) is 4.42. The lowest BCUT2D eigenvalue weighted by molar-refractivity contribution is -0.108. The molecule has 0 N–H and O–H groups in total. The maximum Gasteiger partial charge on any atom is 0.148 e. The van der Waals surface area contributed by atoms with E-state index in [0.717, 1.165) is 28.9 Å². The Morgan fingerprint density at radius 3 is 1.86 bits per heavy atom. The largest absolute Gasteiger partial charge is 0.364 e. The molecule has 0 saturated heterocycles. The van der Waals surface area contributed by atoms with Gasteiger partial charge in [-0.1, -0.05) is 84.9 Å². The molecule has 0 radical (unpaired) electrons. The monoisotopic (exact) mass is 457 g/mol. The summed E-state index contributed by atoms with van der Waals surface area (Å²) in [5.41, 5.74) is 6.12. The van der Waals surface area contributed by atoms with Crippen molar-refractivity contribution in [3.8, 4) is 0 Å². The number of hydrogen-bond acceptors (Lipinski definition) is 4. The molecule has 0 amide bonds. The summed E-state index contributed by atoms with van der Waals surface area (Å²) in [5, 5.41) is 0. The van der Waals surface area contributed by atoms with E-state index in [4.69, 9.17) is 0 Å². The fourth-order valence-electron chi connectivity index (χ4n) is 4.42. The number of allylic oxidation sites excluding steroid dienone is 2. The van der Waals surface area contributed by atoms with Crippen LogP contribution in [0.5, 0.6) is 0 Å². The Morgan fingerprint density at radius 2 is 1.31 bits per heavy atom. The number of rotatable bonds is 8. The number of hydrogen-bond donors (Lipinski definition) is 0. The van der Waals surface area contributed by atoms with Crippen LogP contribution in [0.3, 0.4) is 0 Å². The van der Waals surface area contributed by atoms with Gasteiger partial charge in [0.15, 0.2) is 0 Å². The standard InChI is InChI=1S/C31H27N3O/c35-24-31-30(33(21-25-12-4-1-5-13-25)22-26-14-6-2-7-15-26)20-27(29-18-10-11-19-32-29)23-34(31)28-16-8-3-9-17-28/h1-20,23-24,31H,21-22H2. The molecule has 0 bridgehead atoms. The molecule has 4 nitrogen and oxygen atoms in total. The average molecular weight is 458 g/mol. The van der Waals surface area contributed by atoms with E-state index in [1.165, 1.54) is 11.1 Å². The van der Waals surface area contributed by atoms with Gasteiger partial charge >= 0.3 is 0 Å². The number of para-hydroxylation sites is 1. The number of carbonyl (C=O) groups excluding carboxylic acids is 1. The molecule has 0 fully saturated rings. The zero-order valence-electron chi connectivity index (χ0n) is 19.4. The van der Waals surface area contributed by atoms with Crippen molar-refractivity contribution in [2.45, 2.75) is 19.1 Å². The predicted octanol–water partition coefficient (Wildman–Crippen LogP) is 6.10. The third-order valence-corrected chi connectivity index (χ3v) is 6.13. The van der Waals surface area contributed by atoms with Gasteiger partial charge in [-0.25, -0.2) is 0 Å². The fraction of sp³-hybridized carbons (Fsp3) is 0.0968. The Kier molecular flexibility index (Phi) is 6.81. The summed E-state index contributed by atoms with van der Waals surface area (Å²) in [6, 6.07) is 36.3. The van der Waals surface area contributed by atoms with Gasteiger partial charge in [0.25, 0.3) is 0 Å². The Labute approximate surface area is 206 Å². The van der Waals surface area contributed by atoms with E-state index in [9.17, 15) is 4.79 Å². The molecule has 3 aromatic carbocycles. The van der Waals surface area contributed by atoms with Crippen LogP contribution in [0.2, 0.25) is 0 Å². The van der Waals surface area contributed by atoms with Crippen molar-refractivity contribution < 1.29 is 4.79 Å². The minimum absolute atomic E-state index is 0.461. The van der Waals surface area contributed by atoms with Crippen LogP contribution in [0.4, 0.5) is 5.69 Å². The molecular formula is C31H27N3O. The zero-order chi connectivity index (χ0) is 23.9. The lowest BCUT2D eigenvalue weighted by atomic mass is 9.99. The van der Waals surface area contributed by atoms with Crippen molar-refractivity contribution in [2.24, 2.45) is 0 Å². The molecule has 4 heteroatoms. The van der Waals surface area contributed by atoms with Crippen LogP contribution in [0.15, 0.2) is 133 Å². The van der Waals surface area contributed by atoms with E-state index in [-0.39, 0.29) is 0 Å². The first-order valence-electron chi connectivity index (χ1n) is 11.8. The summed E-state index contributed by atoms with van der Waals surface area (Å²) < 4.78 is 0. The number of anilines is 1. The Hall–Kier alpha value is -4.44. The first-order chi connectivity index (χ1) is 17.3. The first-order valence-corrected chi connectivity index (χ1v) is 11.8. The number of benzene rings is 3. The summed E-state index contributed by atoms with van der Waals surface area (Å²) >= 11 is 0. The number of nitrogens with zero attached hydrogens (tertiary/aromatic N) is 3. The van der Waals surface area contributed by atoms with Crippen molar-refractivity contribution in [3.05, 3.63) is 150 Å². The quantitative estimate of drug-likeness (QED) is 0.300. The topological polar surface area (TPSA) is 36.4 Å². The van der Waals surface area contributed by atoms with Crippen LogP contribution in [-0.4, -0.2) is 22.2 Å². The van der Waals surface area contributed by atoms with E-state index >= 15 is 0 Å². The number of carbonyl (C=O) groups is 1. The van der Waals surface area contributed by atoms with Gasteiger partial charge in [-0.3, -0.25) is 4.98 Å². The minimum Gasteiger partial charge on any atom is -0.364 e. The average Bonchev–Trinajstić information content (AvgIpc) is 2.94. The Bertz CT molecular complexity index is 1260. The maximum absolute atomic E-state index is 12.7. The third-order valence-electron chi connectivity index (χ3n) is 6.13. The molecule has 1 unspecified atom stereocenters. The van der Waals surface area contributed by atoms with Gasteiger partial charge in [-0.15, -0.1) is 0 Å². The molecule has 1 atom stereocenters. The Balaban J connectivity index is 1.62. The van der Waals surface area contributed by atoms with Crippen molar-refractivity contribution in [1.82, 2.24) is 9.88 Å². The summed E-state index contributed by atoms with van der Waals surface area (Å²) in [5.74, 6) is 0. The lowest BCUT2D eigenvalue weighted by Crippen LogP contribution is -2.42. The van der Waals surface area contributed by atoms with Crippen LogP contribution in [-0.2, 0) is 17.9 Å². The Morgan fingerprint density at radius 1 is 0.743 bits per heavy atom. The van der Waals surface area contributed by atoms with Gasteiger partial charge in [0.05, 0.1) is 5.69 Å². The van der Waals surface area contributed by atoms with Gasteiger partial charge in [-0.2, -0.15) is 0 Å². The van der Waals surface area contributed by atoms with Crippen molar-refractivity contribution in [3.63, 3.8) is 0 Å². The normalized spacial score (nSPS) is 15.2. The second-order valence-electron chi connectivity index (χ2n) is 8.52. The smallest absolute Gasteiger partial charge is 0.148 e. The molecule has 0 aliphatic carbocycles. The minimum atomic E-state index is -0.461. The van der Waals surface area contributed by atoms with Crippen LogP contribution < -0.4 is 4.90 Å². The maximum atomic E-state index is 12.7. The van der Waals surface area contributed by atoms with Crippen LogP contribution >= 0.6 is 0 Å². The highest BCUT2D eigenvalue weighted by Crippen LogP contribution is 2.33. The van der Waals surface area contributed by atoms with Crippen LogP contribution in [0.25, 0.3) is 5.57 Å². The second kappa shape index (κ2) is 10.7. The highest BCUT2D eigenvalue weighted by Gasteiger charge is 2.30. The molecule has 172 valence electrons. The van der Waals surface area contributed by atoms with Gasteiger partial charge in [0.1, 0.15) is 12.3 Å². The van der Waals surface area contributed by atoms with Crippen molar-refractivity contribution >= 4 is 17.5 Å². The molecule has 1 aliphatic rings. The summed E-state index contributed by atoms with van der Waals surface area (Å²) in [6.45, 7) is 1.37. The summed E-state index contributed by atoms with van der Waals surface area (Å²) in [6.07, 6.45) is 6.98. The van der Waals surface area contributed by atoms with Crippen LogP contribution in [0, 0.1) is 0 Å². The SMILES string of the molecule is O=CC1C(N(Cc2ccccc2)Cc2ccccc2)=CC(c2ccccn2)=CN1c1ccccc1. The van der Waals surface area contributed by atoms with Gasteiger partial charge in [0.2, 0.25) is 0 Å². The van der Waals surface area contributed by atoms with Crippen molar-refractivity contribution in [1.29, 1.82) is 0 Å². The highest BCUT2D eigenvalue weighted by atomic mass is 16.1. The van der Waals surface area contributed by atoms with Crippen LogP contribution in [0.1, 0.15) is 16.8 Å². The highest BCUT2D eigenvalue weighted by molar-refractivity contribution is 5.84. The van der Waals surface area contributed by atoms with Gasteiger partial charge in [-0.05, 0) is 41.5 Å². The molecule has 0 saturated carbocycles. The summed E-state index contributed by atoms with van der Waals surface area (Å²) in [7, 11) is 0.